The summed E-state index contributed by atoms with van der Waals surface area (Å²) < 4.78 is 6.07. The van der Waals surface area contributed by atoms with Crippen molar-refractivity contribution in [3.63, 3.8) is 0 Å². The number of rotatable bonds is 6. The Morgan fingerprint density at radius 3 is 2.62 bits per heavy atom. The molecule has 0 heterocycles. The van der Waals surface area contributed by atoms with Gasteiger partial charge in [0.15, 0.2) is 0 Å². The van der Waals surface area contributed by atoms with E-state index in [1.54, 1.807) is 5.48 Å². The van der Waals surface area contributed by atoms with E-state index in [2.05, 4.69) is 23.5 Å². The third kappa shape index (κ3) is 4.76. The number of carbonyl (C=O) groups is 1. The summed E-state index contributed by atoms with van der Waals surface area (Å²) in [5, 5.41) is 12.3. The van der Waals surface area contributed by atoms with Crippen LogP contribution in [0.2, 0.25) is 0 Å². The average molecular weight is 388 g/mol. The molecule has 3 aromatic rings. The van der Waals surface area contributed by atoms with Gasteiger partial charge >= 0.3 is 0 Å². The maximum atomic E-state index is 11.8. The van der Waals surface area contributed by atoms with Gasteiger partial charge in [0.2, 0.25) is 5.91 Å². The second kappa shape index (κ2) is 8.80. The Kier molecular flexibility index (Phi) is 5.77. The van der Waals surface area contributed by atoms with Crippen molar-refractivity contribution in [1.29, 1.82) is 0 Å². The molecule has 4 rings (SSSR count). The molecule has 0 bridgehead atoms. The second-order valence-electron chi connectivity index (χ2n) is 7.32. The highest BCUT2D eigenvalue weighted by molar-refractivity contribution is 5.78. The molecule has 0 saturated heterocycles. The van der Waals surface area contributed by atoms with Crippen LogP contribution in [0.3, 0.4) is 0 Å². The number of amides is 1. The maximum Gasteiger partial charge on any atom is 0.246 e. The van der Waals surface area contributed by atoms with Crippen LogP contribution >= 0.6 is 0 Å². The second-order valence-corrected chi connectivity index (χ2v) is 7.32. The summed E-state index contributed by atoms with van der Waals surface area (Å²) >= 11 is 0. The molecule has 1 amide bonds. The zero-order valence-electron chi connectivity index (χ0n) is 16.1. The number of carbonyl (C=O) groups excluding carboxylic acids is 1. The maximum absolute atomic E-state index is 11.8. The van der Waals surface area contributed by atoms with Crippen LogP contribution in [0.1, 0.15) is 23.1 Å². The van der Waals surface area contributed by atoms with Crippen LogP contribution in [0.15, 0.2) is 72.8 Å². The highest BCUT2D eigenvalue weighted by Gasteiger charge is 2.24. The van der Waals surface area contributed by atoms with E-state index in [9.17, 15) is 4.79 Å². The summed E-state index contributed by atoms with van der Waals surface area (Å²) in [6, 6.07) is 24.1. The van der Waals surface area contributed by atoms with Crippen molar-refractivity contribution in [2.45, 2.75) is 25.8 Å². The van der Waals surface area contributed by atoms with Gasteiger partial charge in [0, 0.05) is 24.2 Å². The molecule has 3 aromatic carbocycles. The van der Waals surface area contributed by atoms with Gasteiger partial charge in [-0.05, 0) is 60.2 Å². The molecular weight excluding hydrogens is 364 g/mol. The normalized spacial score (nSPS) is 15.3. The number of aryl methyl sites for hydroxylation is 1. The van der Waals surface area contributed by atoms with Gasteiger partial charge in [-0.1, -0.05) is 42.5 Å². The molecule has 1 atom stereocenters. The summed E-state index contributed by atoms with van der Waals surface area (Å²) in [6.07, 6.45) is 2.18. The minimum Gasteiger partial charge on any atom is -0.457 e. The summed E-state index contributed by atoms with van der Waals surface area (Å²) in [6.45, 7) is 0.747. The fourth-order valence-electron chi connectivity index (χ4n) is 3.72. The van der Waals surface area contributed by atoms with Crippen LogP contribution < -0.4 is 15.5 Å². The molecule has 3 N–H and O–H groups in total. The van der Waals surface area contributed by atoms with E-state index < -0.39 is 0 Å². The number of hydroxylamine groups is 1. The summed E-state index contributed by atoms with van der Waals surface area (Å²) in [5.74, 6) is 0.977. The van der Waals surface area contributed by atoms with Gasteiger partial charge in [-0.15, -0.1) is 0 Å². The van der Waals surface area contributed by atoms with Gasteiger partial charge in [0.1, 0.15) is 11.5 Å². The smallest absolute Gasteiger partial charge is 0.246 e. The van der Waals surface area contributed by atoms with Crippen molar-refractivity contribution < 1.29 is 14.7 Å². The number of ether oxygens (including phenoxy) is 1. The van der Waals surface area contributed by atoms with Crippen LogP contribution in [-0.2, 0) is 24.2 Å². The molecule has 0 aromatic heterocycles. The lowest BCUT2D eigenvalue weighted by Gasteiger charge is -2.23. The molecule has 0 radical (unpaired) electrons. The van der Waals surface area contributed by atoms with Gasteiger partial charge in [-0.2, -0.15) is 0 Å². The topological polar surface area (TPSA) is 70.6 Å². The Morgan fingerprint density at radius 1 is 0.966 bits per heavy atom. The van der Waals surface area contributed by atoms with Crippen LogP contribution in [-0.4, -0.2) is 11.1 Å². The fraction of sp³-hybridized carbons (Fsp3) is 0.208. The molecule has 0 fully saturated rings. The molecule has 5 nitrogen and oxygen atoms in total. The van der Waals surface area contributed by atoms with Crippen molar-refractivity contribution in [2.24, 2.45) is 5.92 Å². The Balaban J connectivity index is 1.44. The molecule has 0 saturated carbocycles. The van der Waals surface area contributed by atoms with Gasteiger partial charge < -0.3 is 10.1 Å². The zero-order chi connectivity index (χ0) is 20.1. The van der Waals surface area contributed by atoms with Gasteiger partial charge in [-0.3, -0.25) is 10.0 Å². The Morgan fingerprint density at radius 2 is 1.79 bits per heavy atom. The Bertz CT molecular complexity index is 988. The highest BCUT2D eigenvalue weighted by Crippen LogP contribution is 2.31. The highest BCUT2D eigenvalue weighted by atomic mass is 16.5. The lowest BCUT2D eigenvalue weighted by atomic mass is 9.83. The number of fused-ring (bicyclic) bond motifs is 1. The van der Waals surface area contributed by atoms with E-state index in [0.29, 0.717) is 6.42 Å². The van der Waals surface area contributed by atoms with E-state index in [0.717, 1.165) is 42.1 Å². The Hall–Kier alpha value is -3.31. The first-order valence-electron chi connectivity index (χ1n) is 9.83. The van der Waals surface area contributed by atoms with Gasteiger partial charge in [-0.25, -0.2) is 5.48 Å². The molecule has 1 aliphatic rings. The molecule has 0 aliphatic heterocycles. The van der Waals surface area contributed by atoms with E-state index in [-0.39, 0.29) is 11.8 Å². The lowest BCUT2D eigenvalue weighted by molar-refractivity contribution is -0.133. The quantitative estimate of drug-likeness (QED) is 0.423. The summed E-state index contributed by atoms with van der Waals surface area (Å²) in [7, 11) is 0. The molecule has 5 heteroatoms. The number of anilines is 1. The Labute approximate surface area is 170 Å². The minimum atomic E-state index is -0.320. The van der Waals surface area contributed by atoms with Crippen molar-refractivity contribution >= 4 is 11.6 Å². The number of hydrogen-bond acceptors (Lipinski definition) is 4. The number of nitrogens with one attached hydrogen (secondary N) is 2. The first kappa shape index (κ1) is 19.0. The standard InChI is InChI=1S/C24H24N2O3/c27-24(26-28)19-10-9-18-11-12-23(14-20(18)13-19)29-22-8-4-7-21(15-22)25-16-17-5-2-1-3-6-17/h1-8,11-12,14-15,19,25,28H,9-10,13,16H2,(H,26,27). The number of hydrogen-bond donors (Lipinski definition) is 3. The third-order valence-electron chi connectivity index (χ3n) is 5.30. The summed E-state index contributed by atoms with van der Waals surface area (Å²) in [4.78, 5) is 11.8. The van der Waals surface area contributed by atoms with Crippen LogP contribution in [0.4, 0.5) is 5.69 Å². The van der Waals surface area contributed by atoms with E-state index in [4.69, 9.17) is 9.94 Å². The predicted octanol–water partition coefficient (Wildman–Crippen LogP) is 4.70. The van der Waals surface area contributed by atoms with E-state index in [1.807, 2.05) is 54.6 Å². The molecule has 1 unspecified atom stereocenters. The summed E-state index contributed by atoms with van der Waals surface area (Å²) in [5.41, 5.74) is 6.31. The van der Waals surface area contributed by atoms with Crippen molar-refractivity contribution in [3.8, 4) is 11.5 Å². The van der Waals surface area contributed by atoms with Crippen LogP contribution in [0.5, 0.6) is 11.5 Å². The first-order valence-corrected chi connectivity index (χ1v) is 9.83. The lowest BCUT2D eigenvalue weighted by Crippen LogP contribution is -2.31. The third-order valence-corrected chi connectivity index (χ3v) is 5.30. The monoisotopic (exact) mass is 388 g/mol. The van der Waals surface area contributed by atoms with Gasteiger partial charge in [0.05, 0.1) is 0 Å². The average Bonchev–Trinajstić information content (AvgIpc) is 2.77. The van der Waals surface area contributed by atoms with Crippen molar-refractivity contribution in [2.75, 3.05) is 5.32 Å². The van der Waals surface area contributed by atoms with Crippen molar-refractivity contribution in [1.82, 2.24) is 5.48 Å². The van der Waals surface area contributed by atoms with Crippen LogP contribution in [0.25, 0.3) is 0 Å². The zero-order valence-corrected chi connectivity index (χ0v) is 16.1. The molecule has 29 heavy (non-hydrogen) atoms. The first-order chi connectivity index (χ1) is 14.2. The van der Waals surface area contributed by atoms with Crippen LogP contribution in [0, 0.1) is 5.92 Å². The molecule has 0 spiro atoms. The fourth-order valence-corrected chi connectivity index (χ4v) is 3.72. The van der Waals surface area contributed by atoms with E-state index >= 15 is 0 Å². The van der Waals surface area contributed by atoms with Crippen molar-refractivity contribution in [3.05, 3.63) is 89.5 Å². The predicted molar refractivity (Wildman–Crippen MR) is 112 cm³/mol. The minimum absolute atomic E-state index is 0.201. The van der Waals surface area contributed by atoms with E-state index in [1.165, 1.54) is 11.1 Å². The van der Waals surface area contributed by atoms with Gasteiger partial charge in [0.25, 0.3) is 0 Å². The number of benzene rings is 3. The molecule has 1 aliphatic carbocycles. The molecular formula is C24H24N2O3. The SMILES string of the molecule is O=C(NO)C1CCc2ccc(Oc3cccc(NCc4ccccc4)c3)cc2C1. The largest absolute Gasteiger partial charge is 0.457 e. The molecule has 148 valence electrons.